The van der Waals surface area contributed by atoms with Gasteiger partial charge in [-0.05, 0) is 54.4 Å². The van der Waals surface area contributed by atoms with Crippen LogP contribution in [0.2, 0.25) is 19.1 Å². The highest BCUT2D eigenvalue weighted by molar-refractivity contribution is 6.89. The molecule has 1 N–H and O–H groups in total. The molecule has 178 valence electrons. The first-order valence-corrected chi connectivity index (χ1v) is 14.7. The summed E-state index contributed by atoms with van der Waals surface area (Å²) < 4.78 is 23.7. The Morgan fingerprint density at radius 2 is 1.67 bits per heavy atom. The number of ether oxygens (including phenoxy) is 3. The lowest BCUT2D eigenvalue weighted by Crippen LogP contribution is -2.45. The maximum Gasteiger partial charge on any atom is 0.128 e. The lowest BCUT2D eigenvalue weighted by atomic mass is 9.94. The molecule has 2 aromatic carbocycles. The van der Waals surface area contributed by atoms with E-state index >= 15 is 0 Å². The largest absolute Gasteiger partial charge is 0.497 e. The van der Waals surface area contributed by atoms with Crippen LogP contribution >= 0.6 is 0 Å². The molecule has 0 spiro atoms. The Balaban J connectivity index is 1.73. The van der Waals surface area contributed by atoms with Gasteiger partial charge >= 0.3 is 0 Å². The summed E-state index contributed by atoms with van der Waals surface area (Å²) in [4.78, 5) is 0. The van der Waals surface area contributed by atoms with E-state index in [0.717, 1.165) is 41.3 Å². The van der Waals surface area contributed by atoms with Crippen molar-refractivity contribution < 1.29 is 23.7 Å². The summed E-state index contributed by atoms with van der Waals surface area (Å²) in [6, 6.07) is 20.7. The summed E-state index contributed by atoms with van der Waals surface area (Å²) in [6.07, 6.45) is 3.21. The van der Waals surface area contributed by atoms with Crippen LogP contribution in [-0.4, -0.2) is 39.1 Å². The van der Waals surface area contributed by atoms with Crippen molar-refractivity contribution in [1.82, 2.24) is 0 Å². The minimum atomic E-state index is -1.87. The third-order valence-electron chi connectivity index (χ3n) is 6.05. The van der Waals surface area contributed by atoms with E-state index in [-0.39, 0.29) is 6.61 Å². The van der Waals surface area contributed by atoms with E-state index in [1.54, 1.807) is 13.4 Å². The molecule has 3 rings (SSSR count). The molecule has 0 saturated heterocycles. The van der Waals surface area contributed by atoms with E-state index in [1.165, 1.54) is 5.56 Å². The first-order valence-electron chi connectivity index (χ1n) is 11.5. The highest BCUT2D eigenvalue weighted by Gasteiger charge is 2.33. The van der Waals surface area contributed by atoms with Gasteiger partial charge in [0.15, 0.2) is 0 Å². The average molecular weight is 469 g/mol. The molecule has 0 saturated carbocycles. The molecule has 0 aliphatic carbocycles. The third-order valence-corrected chi connectivity index (χ3v) is 9.19. The Hall–Kier alpha value is -2.54. The van der Waals surface area contributed by atoms with E-state index in [4.69, 9.17) is 18.6 Å². The number of hydrogen-bond donors (Lipinski definition) is 1. The van der Waals surface area contributed by atoms with Gasteiger partial charge < -0.3 is 23.7 Å². The first kappa shape index (κ1) is 25.1. The van der Waals surface area contributed by atoms with Gasteiger partial charge in [0.1, 0.15) is 19.6 Å². The van der Waals surface area contributed by atoms with Crippen molar-refractivity contribution in [2.75, 3.05) is 20.3 Å². The quantitative estimate of drug-likeness (QED) is 0.350. The van der Waals surface area contributed by atoms with Gasteiger partial charge in [-0.3, -0.25) is 0 Å². The first-order chi connectivity index (χ1) is 15.8. The van der Waals surface area contributed by atoms with Crippen molar-refractivity contribution in [2.24, 2.45) is 0 Å². The fourth-order valence-electron chi connectivity index (χ4n) is 3.96. The molecule has 0 fully saturated rings. The summed E-state index contributed by atoms with van der Waals surface area (Å²) in [5.41, 5.74) is 1.87. The van der Waals surface area contributed by atoms with E-state index in [1.807, 2.05) is 42.5 Å². The van der Waals surface area contributed by atoms with E-state index in [9.17, 15) is 5.11 Å². The Labute approximate surface area is 198 Å². The van der Waals surface area contributed by atoms with Gasteiger partial charge in [0.05, 0.1) is 37.6 Å². The summed E-state index contributed by atoms with van der Waals surface area (Å²) >= 11 is 0. The number of aliphatic hydroxyl groups is 1. The van der Waals surface area contributed by atoms with Crippen LogP contribution < -0.4 is 14.9 Å². The normalized spacial score (nSPS) is 13.5. The SMILES string of the molecule is COc1ccc(OCC[C@@](C)(Cc2ccoc2[Si](C)(C)CCO)OCc2ccccc2)cc1. The molecule has 6 heteroatoms. The van der Waals surface area contributed by atoms with E-state index in [2.05, 4.69) is 38.2 Å². The standard InChI is InChI=1S/C27H36O5Si/c1-27(32-21-22-8-6-5-7-9-22,15-18-30-25-12-10-24(29-2)11-13-25)20-23-14-17-31-26(23)33(3,4)19-16-28/h5-14,17,28H,15-16,18-21H2,1-4H3/t27-/m0/s1. The molecule has 0 radical (unpaired) electrons. The van der Waals surface area contributed by atoms with Gasteiger partial charge in [0, 0.05) is 19.4 Å². The summed E-state index contributed by atoms with van der Waals surface area (Å²) in [6.45, 7) is 7.86. The molecular formula is C27H36O5Si. The molecule has 1 heterocycles. The topological polar surface area (TPSA) is 61.1 Å². The van der Waals surface area contributed by atoms with Crippen molar-refractivity contribution >= 4 is 13.5 Å². The second kappa shape index (κ2) is 11.5. The van der Waals surface area contributed by atoms with Crippen LogP contribution in [0.25, 0.3) is 0 Å². The van der Waals surface area contributed by atoms with Crippen LogP contribution in [0.3, 0.4) is 0 Å². The van der Waals surface area contributed by atoms with Gasteiger partial charge in [-0.15, -0.1) is 0 Å². The molecule has 0 amide bonds. The fourth-order valence-corrected chi connectivity index (χ4v) is 6.18. The van der Waals surface area contributed by atoms with Crippen molar-refractivity contribution in [3.63, 3.8) is 0 Å². The van der Waals surface area contributed by atoms with Crippen LogP contribution in [0.1, 0.15) is 24.5 Å². The number of methoxy groups -OCH3 is 1. The van der Waals surface area contributed by atoms with Crippen LogP contribution in [0.5, 0.6) is 11.5 Å². The summed E-state index contributed by atoms with van der Waals surface area (Å²) in [5.74, 6) is 1.61. The van der Waals surface area contributed by atoms with Crippen molar-refractivity contribution in [3.8, 4) is 11.5 Å². The Kier molecular flexibility index (Phi) is 8.78. The van der Waals surface area contributed by atoms with Crippen LogP contribution in [-0.2, 0) is 17.8 Å². The van der Waals surface area contributed by atoms with Gasteiger partial charge in [0.25, 0.3) is 0 Å². The fraction of sp³-hybridized carbons (Fsp3) is 0.407. The second-order valence-corrected chi connectivity index (χ2v) is 14.0. The van der Waals surface area contributed by atoms with Crippen molar-refractivity contribution in [1.29, 1.82) is 0 Å². The minimum Gasteiger partial charge on any atom is -0.497 e. The lowest BCUT2D eigenvalue weighted by molar-refractivity contribution is -0.0549. The molecule has 1 aromatic heterocycles. The molecule has 1 atom stereocenters. The molecule has 3 aromatic rings. The number of furan rings is 1. The predicted octanol–water partition coefficient (Wildman–Crippen LogP) is 5.18. The zero-order valence-corrected chi connectivity index (χ0v) is 21.2. The molecule has 0 aliphatic rings. The number of aliphatic hydroxyl groups excluding tert-OH is 1. The Bertz CT molecular complexity index is 968. The van der Waals surface area contributed by atoms with Gasteiger partial charge in [-0.1, -0.05) is 43.4 Å². The molecule has 0 unspecified atom stereocenters. The maximum absolute atomic E-state index is 9.54. The second-order valence-electron chi connectivity index (χ2n) is 9.31. The molecule has 0 aliphatic heterocycles. The zero-order valence-electron chi connectivity index (χ0n) is 20.2. The van der Waals surface area contributed by atoms with Crippen LogP contribution in [0.15, 0.2) is 71.3 Å². The van der Waals surface area contributed by atoms with Gasteiger partial charge in [-0.25, -0.2) is 0 Å². The number of rotatable bonds is 13. The van der Waals surface area contributed by atoms with Gasteiger partial charge in [0.2, 0.25) is 0 Å². The highest BCUT2D eigenvalue weighted by Crippen LogP contribution is 2.26. The Morgan fingerprint density at radius 3 is 2.33 bits per heavy atom. The zero-order chi connectivity index (χ0) is 23.7. The minimum absolute atomic E-state index is 0.177. The molecule has 0 bridgehead atoms. The smallest absolute Gasteiger partial charge is 0.128 e. The molecule has 5 nitrogen and oxygen atoms in total. The highest BCUT2D eigenvalue weighted by atomic mass is 28.3. The van der Waals surface area contributed by atoms with E-state index < -0.39 is 13.7 Å². The van der Waals surface area contributed by atoms with Crippen molar-refractivity contribution in [3.05, 3.63) is 78.1 Å². The monoisotopic (exact) mass is 468 g/mol. The summed E-state index contributed by atoms with van der Waals surface area (Å²) in [5, 5.41) is 10.6. The molecular weight excluding hydrogens is 432 g/mol. The predicted molar refractivity (Wildman–Crippen MR) is 134 cm³/mol. The van der Waals surface area contributed by atoms with Gasteiger partial charge in [-0.2, -0.15) is 0 Å². The average Bonchev–Trinajstić information content (AvgIpc) is 3.28. The van der Waals surface area contributed by atoms with Crippen molar-refractivity contribution in [2.45, 2.75) is 51.1 Å². The maximum atomic E-state index is 9.54. The van der Waals surface area contributed by atoms with Crippen LogP contribution in [0.4, 0.5) is 0 Å². The summed E-state index contributed by atoms with van der Waals surface area (Å²) in [7, 11) is -0.214. The Morgan fingerprint density at radius 1 is 0.970 bits per heavy atom. The number of hydrogen-bond acceptors (Lipinski definition) is 5. The third kappa shape index (κ3) is 7.22. The van der Waals surface area contributed by atoms with Crippen LogP contribution in [0, 0.1) is 0 Å². The van der Waals surface area contributed by atoms with E-state index in [0.29, 0.717) is 13.2 Å². The molecule has 33 heavy (non-hydrogen) atoms. The lowest BCUT2D eigenvalue weighted by Gasteiger charge is -2.31. The number of benzene rings is 2.